The molecule has 2 aliphatic heterocycles. The largest absolute Gasteiger partial charge is 0.381 e. The zero-order valence-electron chi connectivity index (χ0n) is 17.0. The predicted octanol–water partition coefficient (Wildman–Crippen LogP) is 1.64. The van der Waals surface area contributed by atoms with Crippen LogP contribution in [0.3, 0.4) is 0 Å². The van der Waals surface area contributed by atoms with Gasteiger partial charge in [-0.15, -0.1) is 0 Å². The van der Waals surface area contributed by atoms with Crippen molar-refractivity contribution in [2.45, 2.75) is 51.6 Å². The van der Waals surface area contributed by atoms with Crippen molar-refractivity contribution >= 4 is 5.96 Å². The van der Waals surface area contributed by atoms with E-state index in [4.69, 9.17) is 4.74 Å². The smallest absolute Gasteiger partial charge is 0.191 e. The molecule has 1 aromatic heterocycles. The Hall–Kier alpha value is -1.60. The topological polar surface area (TPSA) is 66.7 Å². The second-order valence-electron chi connectivity index (χ2n) is 7.82. The molecule has 2 fully saturated rings. The number of aromatic nitrogens is 2. The van der Waals surface area contributed by atoms with Gasteiger partial charge in [-0.25, -0.2) is 4.98 Å². The molecule has 152 valence electrons. The van der Waals surface area contributed by atoms with Crippen LogP contribution in [0.5, 0.6) is 0 Å². The molecule has 0 amide bonds. The third-order valence-electron chi connectivity index (χ3n) is 5.73. The van der Waals surface area contributed by atoms with Crippen molar-refractivity contribution < 1.29 is 4.74 Å². The second-order valence-corrected chi connectivity index (χ2v) is 7.82. The van der Waals surface area contributed by atoms with Gasteiger partial charge in [0.05, 0.1) is 6.61 Å². The number of likely N-dealkylation sites (tertiary alicyclic amines) is 1. The van der Waals surface area contributed by atoms with E-state index in [0.29, 0.717) is 6.04 Å². The molecule has 7 nitrogen and oxygen atoms in total. The highest BCUT2D eigenvalue weighted by Gasteiger charge is 2.24. The molecule has 0 bridgehead atoms. The minimum atomic E-state index is 0.529. The van der Waals surface area contributed by atoms with Crippen LogP contribution in [0, 0.1) is 12.8 Å². The van der Waals surface area contributed by atoms with E-state index < -0.39 is 0 Å². The Labute approximate surface area is 163 Å². The number of aliphatic imine (C=N–C) groups is 1. The van der Waals surface area contributed by atoms with Crippen molar-refractivity contribution in [1.29, 1.82) is 0 Å². The van der Waals surface area contributed by atoms with Crippen LogP contribution in [0.25, 0.3) is 0 Å². The number of imidazole rings is 1. The molecule has 0 aromatic carbocycles. The summed E-state index contributed by atoms with van der Waals surface area (Å²) in [6, 6.07) is 0.529. The van der Waals surface area contributed by atoms with E-state index in [9.17, 15) is 0 Å². The first-order valence-corrected chi connectivity index (χ1v) is 10.5. The van der Waals surface area contributed by atoms with Gasteiger partial charge in [0.25, 0.3) is 0 Å². The molecule has 2 N–H and O–H groups in total. The zero-order valence-corrected chi connectivity index (χ0v) is 17.0. The lowest BCUT2D eigenvalue weighted by atomic mass is 10.0. The minimum Gasteiger partial charge on any atom is -0.381 e. The lowest BCUT2D eigenvalue weighted by Crippen LogP contribution is -2.49. The third-order valence-corrected chi connectivity index (χ3v) is 5.73. The molecule has 7 heteroatoms. The van der Waals surface area contributed by atoms with Crippen LogP contribution < -0.4 is 10.6 Å². The monoisotopic (exact) mass is 376 g/mol. The minimum absolute atomic E-state index is 0.529. The number of hydrogen-bond acceptors (Lipinski definition) is 4. The Morgan fingerprint density at radius 1 is 1.30 bits per heavy atom. The van der Waals surface area contributed by atoms with Crippen molar-refractivity contribution in [1.82, 2.24) is 25.1 Å². The van der Waals surface area contributed by atoms with Gasteiger partial charge in [0, 0.05) is 64.8 Å². The van der Waals surface area contributed by atoms with Crippen LogP contribution in [0.15, 0.2) is 17.4 Å². The Kier molecular flexibility index (Phi) is 7.95. The van der Waals surface area contributed by atoms with Gasteiger partial charge in [-0.2, -0.15) is 0 Å². The number of hydrogen-bond donors (Lipinski definition) is 2. The lowest BCUT2D eigenvalue weighted by Gasteiger charge is -2.34. The van der Waals surface area contributed by atoms with E-state index >= 15 is 0 Å². The van der Waals surface area contributed by atoms with Gasteiger partial charge in [0.2, 0.25) is 0 Å². The normalized spacial score (nSPS) is 22.3. The van der Waals surface area contributed by atoms with Gasteiger partial charge in [-0.1, -0.05) is 0 Å². The standard InChI is InChI=1S/C20H36N6O/c1-17-22-9-13-26(17)10-4-3-8-23-20(21-2)24-19-5-11-25(12-6-19)15-18-7-14-27-16-18/h9,13,18-19H,3-8,10-12,14-16H2,1-2H3,(H2,21,23,24). The first-order valence-electron chi connectivity index (χ1n) is 10.5. The van der Waals surface area contributed by atoms with Gasteiger partial charge in [0.15, 0.2) is 5.96 Å². The molecule has 0 spiro atoms. The average molecular weight is 377 g/mol. The van der Waals surface area contributed by atoms with E-state index in [1.54, 1.807) is 0 Å². The lowest BCUT2D eigenvalue weighted by molar-refractivity contribution is 0.150. The van der Waals surface area contributed by atoms with E-state index in [0.717, 1.165) is 56.8 Å². The molecule has 27 heavy (non-hydrogen) atoms. The summed E-state index contributed by atoms with van der Waals surface area (Å²) >= 11 is 0. The second kappa shape index (κ2) is 10.7. The molecule has 2 saturated heterocycles. The number of piperidine rings is 1. The summed E-state index contributed by atoms with van der Waals surface area (Å²) in [5.41, 5.74) is 0. The number of ether oxygens (including phenoxy) is 1. The van der Waals surface area contributed by atoms with Crippen LogP contribution in [-0.2, 0) is 11.3 Å². The van der Waals surface area contributed by atoms with Crippen molar-refractivity contribution in [3.8, 4) is 0 Å². The molecule has 1 atom stereocenters. The van der Waals surface area contributed by atoms with Crippen LogP contribution in [0.4, 0.5) is 0 Å². The maximum absolute atomic E-state index is 5.50. The van der Waals surface area contributed by atoms with Gasteiger partial charge >= 0.3 is 0 Å². The van der Waals surface area contributed by atoms with Crippen LogP contribution >= 0.6 is 0 Å². The highest BCUT2D eigenvalue weighted by atomic mass is 16.5. The average Bonchev–Trinajstić information content (AvgIpc) is 3.34. The molecule has 0 radical (unpaired) electrons. The van der Waals surface area contributed by atoms with Gasteiger partial charge < -0.3 is 24.8 Å². The number of guanidine groups is 1. The van der Waals surface area contributed by atoms with Crippen molar-refractivity contribution in [3.63, 3.8) is 0 Å². The molecule has 0 saturated carbocycles. The Morgan fingerprint density at radius 2 is 2.15 bits per heavy atom. The van der Waals surface area contributed by atoms with Crippen LogP contribution in [0.1, 0.15) is 37.9 Å². The first-order chi connectivity index (χ1) is 13.2. The third kappa shape index (κ3) is 6.50. The SMILES string of the molecule is CN=C(NCCCCn1ccnc1C)NC1CCN(CC2CCOC2)CC1. The molecule has 0 aliphatic carbocycles. The molecule has 3 heterocycles. The summed E-state index contributed by atoms with van der Waals surface area (Å²) in [7, 11) is 1.86. The molecule has 1 unspecified atom stereocenters. The molecule has 2 aliphatic rings. The van der Waals surface area contributed by atoms with Gasteiger partial charge in [-0.3, -0.25) is 4.99 Å². The van der Waals surface area contributed by atoms with Crippen molar-refractivity contribution in [3.05, 3.63) is 18.2 Å². The van der Waals surface area contributed by atoms with Crippen LogP contribution in [-0.4, -0.2) is 72.9 Å². The maximum Gasteiger partial charge on any atom is 0.191 e. The summed E-state index contributed by atoms with van der Waals surface area (Å²) in [4.78, 5) is 11.3. The van der Waals surface area contributed by atoms with Gasteiger partial charge in [0.1, 0.15) is 5.82 Å². The highest BCUT2D eigenvalue weighted by Crippen LogP contribution is 2.17. The molecule has 3 rings (SSSR count). The number of aryl methyl sites for hydroxylation is 2. The summed E-state index contributed by atoms with van der Waals surface area (Å²) in [5, 5.41) is 7.07. The Balaban J connectivity index is 1.27. The first kappa shape index (κ1) is 20.1. The fraction of sp³-hybridized carbons (Fsp3) is 0.800. The summed E-state index contributed by atoms with van der Waals surface area (Å²) in [5.74, 6) is 2.78. The van der Waals surface area contributed by atoms with E-state index in [1.165, 1.54) is 38.9 Å². The van der Waals surface area contributed by atoms with E-state index in [1.807, 2.05) is 13.2 Å². The maximum atomic E-state index is 5.50. The number of rotatable bonds is 8. The van der Waals surface area contributed by atoms with E-state index in [-0.39, 0.29) is 0 Å². The molecular weight excluding hydrogens is 340 g/mol. The molecule has 1 aromatic rings. The van der Waals surface area contributed by atoms with Crippen molar-refractivity contribution in [2.24, 2.45) is 10.9 Å². The summed E-state index contributed by atoms with van der Waals surface area (Å²) in [6.07, 6.45) is 9.80. The predicted molar refractivity (Wildman–Crippen MR) is 109 cm³/mol. The van der Waals surface area contributed by atoms with Crippen molar-refractivity contribution in [2.75, 3.05) is 46.4 Å². The Morgan fingerprint density at radius 3 is 2.81 bits per heavy atom. The number of nitrogens with zero attached hydrogens (tertiary/aromatic N) is 4. The quantitative estimate of drug-likeness (QED) is 0.410. The Bertz CT molecular complexity index is 573. The number of unbranched alkanes of at least 4 members (excludes halogenated alkanes) is 1. The zero-order chi connectivity index (χ0) is 18.9. The van der Waals surface area contributed by atoms with Gasteiger partial charge in [-0.05, 0) is 44.9 Å². The number of nitrogens with one attached hydrogen (secondary N) is 2. The fourth-order valence-electron chi connectivity index (χ4n) is 3.99. The fourth-order valence-corrected chi connectivity index (χ4v) is 3.99. The highest BCUT2D eigenvalue weighted by molar-refractivity contribution is 5.79. The summed E-state index contributed by atoms with van der Waals surface area (Å²) < 4.78 is 7.71. The van der Waals surface area contributed by atoms with Crippen LogP contribution in [0.2, 0.25) is 0 Å². The molecular formula is C20H36N6O. The summed E-state index contributed by atoms with van der Waals surface area (Å²) in [6.45, 7) is 9.50. The van der Waals surface area contributed by atoms with E-state index in [2.05, 4.69) is 43.2 Å².